The van der Waals surface area contributed by atoms with Crippen molar-refractivity contribution >= 4 is 22.9 Å². The van der Waals surface area contributed by atoms with Gasteiger partial charge in [-0.2, -0.15) is 5.10 Å². The first-order chi connectivity index (χ1) is 12.2. The quantitative estimate of drug-likeness (QED) is 0.534. The minimum atomic E-state index is -0.204. The lowest BCUT2D eigenvalue weighted by Crippen LogP contribution is -2.11. The van der Waals surface area contributed by atoms with Crippen LogP contribution in [0, 0.1) is 0 Å². The molecule has 2 aromatic carbocycles. The number of benzene rings is 2. The van der Waals surface area contributed by atoms with Gasteiger partial charge in [0.05, 0.1) is 12.8 Å². The largest absolute Gasteiger partial charge is 0.493 e. The molecule has 0 fully saturated rings. The number of H-pyrrole nitrogens is 1. The van der Waals surface area contributed by atoms with Crippen LogP contribution >= 0.6 is 0 Å². The Kier molecular flexibility index (Phi) is 5.09. The minimum Gasteiger partial charge on any atom is -0.493 e. The van der Waals surface area contributed by atoms with E-state index in [2.05, 4.69) is 20.5 Å². The van der Waals surface area contributed by atoms with E-state index < -0.39 is 0 Å². The van der Waals surface area contributed by atoms with E-state index in [0.717, 1.165) is 22.1 Å². The van der Waals surface area contributed by atoms with Crippen LogP contribution in [0.15, 0.2) is 52.4 Å². The Morgan fingerprint density at radius 1 is 1.24 bits per heavy atom. The molecule has 2 N–H and O–H groups in total. The average Bonchev–Trinajstić information content (AvgIpc) is 2.63. The van der Waals surface area contributed by atoms with E-state index in [-0.39, 0.29) is 5.56 Å². The van der Waals surface area contributed by atoms with Crippen LogP contribution in [0.25, 0.3) is 10.8 Å². The monoisotopic (exact) mass is 336 g/mol. The van der Waals surface area contributed by atoms with E-state index in [9.17, 15) is 4.79 Å². The lowest BCUT2D eigenvalue weighted by Gasteiger charge is -2.10. The summed E-state index contributed by atoms with van der Waals surface area (Å²) in [7, 11) is 0. The number of aryl methyl sites for hydroxylation is 1. The second-order valence-corrected chi connectivity index (χ2v) is 5.44. The number of aromatic nitrogens is 2. The van der Waals surface area contributed by atoms with Crippen molar-refractivity contribution in [3.8, 4) is 5.75 Å². The highest BCUT2D eigenvalue weighted by Gasteiger charge is 2.06. The summed E-state index contributed by atoms with van der Waals surface area (Å²) >= 11 is 0. The van der Waals surface area contributed by atoms with Crippen molar-refractivity contribution in [2.45, 2.75) is 20.3 Å². The third-order valence-corrected chi connectivity index (χ3v) is 3.75. The highest BCUT2D eigenvalue weighted by atomic mass is 16.5. The molecule has 3 rings (SSSR count). The number of aromatic amines is 1. The highest BCUT2D eigenvalue weighted by Crippen LogP contribution is 2.26. The van der Waals surface area contributed by atoms with Crippen molar-refractivity contribution < 1.29 is 4.74 Å². The predicted molar refractivity (Wildman–Crippen MR) is 101 cm³/mol. The summed E-state index contributed by atoms with van der Waals surface area (Å²) in [6.07, 6.45) is 2.37. The molecular formula is C19H20N4O2. The molecule has 6 heteroatoms. The maximum atomic E-state index is 11.6. The van der Waals surface area contributed by atoms with Crippen molar-refractivity contribution in [3.63, 3.8) is 0 Å². The Bertz CT molecular complexity index is 963. The molecule has 0 atom stereocenters. The zero-order chi connectivity index (χ0) is 17.6. The van der Waals surface area contributed by atoms with Gasteiger partial charge < -0.3 is 4.74 Å². The average molecular weight is 336 g/mol. The SMILES string of the molecule is CCOc1ccc2ccccc2c1/C=N\Nc1nc(CC)cc(=O)[nH]1. The molecule has 0 aliphatic heterocycles. The van der Waals surface area contributed by atoms with Crippen LogP contribution in [-0.2, 0) is 6.42 Å². The van der Waals surface area contributed by atoms with Crippen LogP contribution in [0.2, 0.25) is 0 Å². The second-order valence-electron chi connectivity index (χ2n) is 5.44. The summed E-state index contributed by atoms with van der Waals surface area (Å²) < 4.78 is 5.71. The summed E-state index contributed by atoms with van der Waals surface area (Å²) in [4.78, 5) is 18.5. The fourth-order valence-electron chi connectivity index (χ4n) is 2.59. The van der Waals surface area contributed by atoms with Crippen LogP contribution < -0.4 is 15.7 Å². The van der Waals surface area contributed by atoms with Crippen molar-refractivity contribution in [1.82, 2.24) is 9.97 Å². The Morgan fingerprint density at radius 2 is 2.08 bits per heavy atom. The number of hydrogen-bond donors (Lipinski definition) is 2. The fraction of sp³-hybridized carbons (Fsp3) is 0.211. The lowest BCUT2D eigenvalue weighted by atomic mass is 10.0. The van der Waals surface area contributed by atoms with Crippen LogP contribution in [0.1, 0.15) is 25.1 Å². The number of nitrogens with one attached hydrogen (secondary N) is 2. The van der Waals surface area contributed by atoms with Crippen LogP contribution in [0.4, 0.5) is 5.95 Å². The fourth-order valence-corrected chi connectivity index (χ4v) is 2.59. The van der Waals surface area contributed by atoms with Gasteiger partial charge in [0.15, 0.2) is 0 Å². The van der Waals surface area contributed by atoms with Gasteiger partial charge in [0.2, 0.25) is 5.95 Å². The summed E-state index contributed by atoms with van der Waals surface area (Å²) in [6, 6.07) is 13.5. The molecule has 0 spiro atoms. The van der Waals surface area contributed by atoms with Crippen LogP contribution in [0.3, 0.4) is 0 Å². The molecule has 0 aliphatic carbocycles. The molecule has 0 aliphatic rings. The van der Waals surface area contributed by atoms with Crippen LogP contribution in [0.5, 0.6) is 5.75 Å². The van der Waals surface area contributed by atoms with E-state index in [1.54, 1.807) is 6.21 Å². The number of hydrogen-bond acceptors (Lipinski definition) is 5. The van der Waals surface area contributed by atoms with Crippen molar-refractivity contribution in [1.29, 1.82) is 0 Å². The smallest absolute Gasteiger partial charge is 0.252 e. The number of hydrazone groups is 1. The molecule has 1 heterocycles. The molecule has 0 saturated carbocycles. The van der Waals surface area contributed by atoms with Gasteiger partial charge in [-0.15, -0.1) is 0 Å². The number of rotatable bonds is 6. The van der Waals surface area contributed by atoms with Gasteiger partial charge >= 0.3 is 0 Å². The maximum Gasteiger partial charge on any atom is 0.252 e. The highest BCUT2D eigenvalue weighted by molar-refractivity contribution is 6.02. The molecule has 0 radical (unpaired) electrons. The zero-order valence-corrected chi connectivity index (χ0v) is 14.2. The van der Waals surface area contributed by atoms with E-state index in [0.29, 0.717) is 24.7 Å². The summed E-state index contributed by atoms with van der Waals surface area (Å²) in [5, 5.41) is 6.38. The number of anilines is 1. The first-order valence-corrected chi connectivity index (χ1v) is 8.25. The van der Waals surface area contributed by atoms with Crippen molar-refractivity contribution in [2.75, 3.05) is 12.0 Å². The zero-order valence-electron chi connectivity index (χ0n) is 14.2. The first-order valence-electron chi connectivity index (χ1n) is 8.25. The number of ether oxygens (including phenoxy) is 1. The summed E-state index contributed by atoms with van der Waals surface area (Å²) in [5.74, 6) is 1.08. The van der Waals surface area contributed by atoms with Crippen molar-refractivity contribution in [2.24, 2.45) is 5.10 Å². The molecule has 128 valence electrons. The standard InChI is InChI=1S/C19H20N4O2/c1-3-14-11-18(24)22-19(21-14)23-20-12-16-15-8-6-5-7-13(15)9-10-17(16)25-4-2/h5-12H,3-4H2,1-2H3,(H2,21,22,23,24)/b20-12-. The second kappa shape index (κ2) is 7.61. The van der Waals surface area contributed by atoms with Gasteiger partial charge in [0.25, 0.3) is 5.56 Å². The van der Waals surface area contributed by atoms with Gasteiger partial charge in [0.1, 0.15) is 5.75 Å². The van der Waals surface area contributed by atoms with Gasteiger partial charge in [-0.25, -0.2) is 10.4 Å². The van der Waals surface area contributed by atoms with E-state index in [1.165, 1.54) is 6.07 Å². The van der Waals surface area contributed by atoms with Crippen LogP contribution in [-0.4, -0.2) is 22.8 Å². The number of nitrogens with zero attached hydrogens (tertiary/aromatic N) is 2. The van der Waals surface area contributed by atoms with Gasteiger partial charge in [-0.1, -0.05) is 37.3 Å². The van der Waals surface area contributed by atoms with E-state index in [1.807, 2.05) is 50.2 Å². The molecule has 0 saturated heterocycles. The summed E-state index contributed by atoms with van der Waals surface area (Å²) in [6.45, 7) is 4.46. The van der Waals surface area contributed by atoms with E-state index in [4.69, 9.17) is 4.74 Å². The molecular weight excluding hydrogens is 316 g/mol. The normalized spacial score (nSPS) is 11.1. The molecule has 0 unspecified atom stereocenters. The minimum absolute atomic E-state index is 0.204. The Labute approximate surface area is 145 Å². The van der Waals surface area contributed by atoms with Gasteiger partial charge in [-0.3, -0.25) is 9.78 Å². The molecule has 25 heavy (non-hydrogen) atoms. The lowest BCUT2D eigenvalue weighted by molar-refractivity contribution is 0.340. The topological polar surface area (TPSA) is 79.4 Å². The maximum absolute atomic E-state index is 11.6. The predicted octanol–water partition coefficient (Wildman–Crippen LogP) is 3.33. The molecule has 1 aromatic heterocycles. The van der Waals surface area contributed by atoms with Crippen molar-refractivity contribution in [3.05, 3.63) is 64.1 Å². The summed E-state index contributed by atoms with van der Waals surface area (Å²) in [5.41, 5.74) is 4.17. The van der Waals surface area contributed by atoms with E-state index >= 15 is 0 Å². The third kappa shape index (κ3) is 3.85. The Morgan fingerprint density at radius 3 is 2.88 bits per heavy atom. The first kappa shape index (κ1) is 16.7. The Hall–Kier alpha value is -3.15. The molecule has 0 amide bonds. The number of fused-ring (bicyclic) bond motifs is 1. The third-order valence-electron chi connectivity index (χ3n) is 3.75. The molecule has 3 aromatic rings. The van der Waals surface area contributed by atoms with Gasteiger partial charge in [0, 0.05) is 17.3 Å². The molecule has 6 nitrogen and oxygen atoms in total. The Balaban J connectivity index is 1.94. The van der Waals surface area contributed by atoms with Gasteiger partial charge in [-0.05, 0) is 30.2 Å². The molecule has 0 bridgehead atoms.